The van der Waals surface area contributed by atoms with Crippen LogP contribution in [-0.4, -0.2) is 40.5 Å². The number of rotatable bonds is 6. The van der Waals surface area contributed by atoms with Gasteiger partial charge in [0.15, 0.2) is 5.76 Å². The number of halogens is 1. The molecule has 0 saturated carbocycles. The van der Waals surface area contributed by atoms with Gasteiger partial charge in [0.25, 0.3) is 0 Å². The van der Waals surface area contributed by atoms with Crippen LogP contribution < -0.4 is 4.74 Å². The zero-order valence-electron chi connectivity index (χ0n) is 13.2. The van der Waals surface area contributed by atoms with Gasteiger partial charge in [0.1, 0.15) is 23.8 Å². The first kappa shape index (κ1) is 16.0. The number of likely N-dealkylation sites (tertiary alicyclic amines) is 1. The number of β-amino-alcohol motifs (C(OH)–C–C–N with tert-alkyl or cyclic N) is 1. The van der Waals surface area contributed by atoms with Crippen molar-refractivity contribution in [3.05, 3.63) is 47.6 Å². The molecule has 1 aromatic heterocycles. The number of hydrogen-bond donors (Lipinski definition) is 1. The highest BCUT2D eigenvalue weighted by molar-refractivity contribution is 5.22. The van der Waals surface area contributed by atoms with E-state index in [-0.39, 0.29) is 12.4 Å². The predicted octanol–water partition coefficient (Wildman–Crippen LogP) is 2.39. The Labute approximate surface area is 134 Å². The molecule has 1 N–H and O–H groups in total. The second-order valence-electron chi connectivity index (χ2n) is 6.07. The van der Waals surface area contributed by atoms with Crippen LogP contribution in [-0.2, 0) is 13.0 Å². The van der Waals surface area contributed by atoms with E-state index in [0.717, 1.165) is 24.4 Å². The molecule has 2 aromatic rings. The molecule has 5 nitrogen and oxygen atoms in total. The lowest BCUT2D eigenvalue weighted by atomic mass is 10.1. The van der Waals surface area contributed by atoms with Crippen molar-refractivity contribution >= 4 is 0 Å². The first-order chi connectivity index (χ1) is 11.1. The van der Waals surface area contributed by atoms with Gasteiger partial charge < -0.3 is 14.4 Å². The van der Waals surface area contributed by atoms with Crippen LogP contribution in [0.5, 0.6) is 5.75 Å². The molecule has 1 aliphatic rings. The SMILES string of the molecule is CCc1cc(CN2CC[C@](O)(COc3cccc(F)c3)C2)on1. The van der Waals surface area contributed by atoms with Crippen LogP contribution in [0.3, 0.4) is 0 Å². The lowest BCUT2D eigenvalue weighted by Gasteiger charge is -2.23. The normalized spacial score (nSPS) is 21.7. The Morgan fingerprint density at radius 2 is 2.30 bits per heavy atom. The lowest BCUT2D eigenvalue weighted by Crippen LogP contribution is -2.39. The quantitative estimate of drug-likeness (QED) is 0.885. The zero-order chi connectivity index (χ0) is 16.3. The van der Waals surface area contributed by atoms with Gasteiger partial charge in [-0.2, -0.15) is 0 Å². The summed E-state index contributed by atoms with van der Waals surface area (Å²) in [7, 11) is 0. The summed E-state index contributed by atoms with van der Waals surface area (Å²) in [4.78, 5) is 2.11. The molecule has 0 bridgehead atoms. The monoisotopic (exact) mass is 320 g/mol. The molecule has 23 heavy (non-hydrogen) atoms. The van der Waals surface area contributed by atoms with Crippen molar-refractivity contribution in [1.29, 1.82) is 0 Å². The molecule has 6 heteroatoms. The molecular weight excluding hydrogens is 299 g/mol. The summed E-state index contributed by atoms with van der Waals surface area (Å²) in [5.41, 5.74) is 0.00353. The number of aliphatic hydroxyl groups is 1. The molecule has 1 atom stereocenters. The predicted molar refractivity (Wildman–Crippen MR) is 82.6 cm³/mol. The van der Waals surface area contributed by atoms with Gasteiger partial charge in [-0.25, -0.2) is 4.39 Å². The number of aryl methyl sites for hydroxylation is 1. The van der Waals surface area contributed by atoms with Crippen LogP contribution in [0.1, 0.15) is 24.8 Å². The highest BCUT2D eigenvalue weighted by Gasteiger charge is 2.37. The molecule has 0 spiro atoms. The van der Waals surface area contributed by atoms with E-state index < -0.39 is 5.60 Å². The molecule has 0 radical (unpaired) electrons. The van der Waals surface area contributed by atoms with Crippen molar-refractivity contribution in [1.82, 2.24) is 10.1 Å². The first-order valence-corrected chi connectivity index (χ1v) is 7.84. The molecule has 1 aromatic carbocycles. The average Bonchev–Trinajstić information content (AvgIpc) is 3.13. The van der Waals surface area contributed by atoms with E-state index in [2.05, 4.69) is 10.1 Å². The number of benzene rings is 1. The Bertz CT molecular complexity index is 661. The maximum absolute atomic E-state index is 13.1. The minimum atomic E-state index is -0.931. The Morgan fingerprint density at radius 3 is 3.04 bits per heavy atom. The number of nitrogens with zero attached hydrogens (tertiary/aromatic N) is 2. The van der Waals surface area contributed by atoms with Crippen LogP contribution >= 0.6 is 0 Å². The van der Waals surface area contributed by atoms with E-state index >= 15 is 0 Å². The van der Waals surface area contributed by atoms with Crippen LogP contribution in [0.2, 0.25) is 0 Å². The fraction of sp³-hybridized carbons (Fsp3) is 0.471. The number of aromatic nitrogens is 1. The van der Waals surface area contributed by atoms with Crippen LogP contribution in [0, 0.1) is 5.82 Å². The Hall–Kier alpha value is -1.92. The summed E-state index contributed by atoms with van der Waals surface area (Å²) in [5.74, 6) is 0.886. The molecule has 2 heterocycles. The van der Waals surface area contributed by atoms with Gasteiger partial charge in [-0.3, -0.25) is 4.90 Å². The van der Waals surface area contributed by atoms with Crippen LogP contribution in [0.25, 0.3) is 0 Å². The first-order valence-electron chi connectivity index (χ1n) is 7.84. The standard InChI is InChI=1S/C17H21FN2O3/c1-2-14-9-16(23-19-14)10-20-7-6-17(21,11-20)12-22-15-5-3-4-13(18)8-15/h3-5,8-9,21H,2,6-7,10-12H2,1H3/t17-/m1/s1. The van der Waals surface area contributed by atoms with Crippen molar-refractivity contribution < 1.29 is 18.8 Å². The van der Waals surface area contributed by atoms with E-state index in [4.69, 9.17) is 9.26 Å². The van der Waals surface area contributed by atoms with Gasteiger partial charge >= 0.3 is 0 Å². The molecule has 124 valence electrons. The molecule has 0 aliphatic carbocycles. The third-order valence-corrected chi connectivity index (χ3v) is 4.06. The van der Waals surface area contributed by atoms with Gasteiger partial charge in [-0.05, 0) is 25.0 Å². The van der Waals surface area contributed by atoms with Gasteiger partial charge in [-0.1, -0.05) is 18.1 Å². The summed E-state index contributed by atoms with van der Waals surface area (Å²) in [5, 5.41) is 14.6. The average molecular weight is 320 g/mol. The molecule has 1 saturated heterocycles. The molecule has 3 rings (SSSR count). The maximum Gasteiger partial charge on any atom is 0.150 e. The summed E-state index contributed by atoms with van der Waals surface area (Å²) >= 11 is 0. The van der Waals surface area contributed by atoms with Gasteiger partial charge in [0, 0.05) is 25.2 Å². The fourth-order valence-electron chi connectivity index (χ4n) is 2.79. The van der Waals surface area contributed by atoms with Gasteiger partial charge in [-0.15, -0.1) is 0 Å². The van der Waals surface area contributed by atoms with E-state index in [9.17, 15) is 9.50 Å². The lowest BCUT2D eigenvalue weighted by molar-refractivity contribution is 0.00277. The summed E-state index contributed by atoms with van der Waals surface area (Å²) in [6.45, 7) is 4.04. The van der Waals surface area contributed by atoms with E-state index in [1.165, 1.54) is 12.1 Å². The minimum Gasteiger partial charge on any atom is -0.490 e. The van der Waals surface area contributed by atoms with Crippen molar-refractivity contribution in [3.63, 3.8) is 0 Å². The molecule has 1 fully saturated rings. The maximum atomic E-state index is 13.1. The number of hydrogen-bond acceptors (Lipinski definition) is 5. The van der Waals surface area contributed by atoms with Gasteiger partial charge in [0.05, 0.1) is 12.2 Å². The molecule has 1 aliphatic heterocycles. The van der Waals surface area contributed by atoms with E-state index in [0.29, 0.717) is 25.3 Å². The van der Waals surface area contributed by atoms with Crippen LogP contribution in [0.4, 0.5) is 4.39 Å². The molecule has 0 amide bonds. The number of ether oxygens (including phenoxy) is 1. The highest BCUT2D eigenvalue weighted by Crippen LogP contribution is 2.25. The largest absolute Gasteiger partial charge is 0.490 e. The van der Waals surface area contributed by atoms with E-state index in [1.54, 1.807) is 12.1 Å². The highest BCUT2D eigenvalue weighted by atomic mass is 19.1. The topological polar surface area (TPSA) is 58.7 Å². The van der Waals surface area contributed by atoms with Gasteiger partial charge in [0.2, 0.25) is 0 Å². The van der Waals surface area contributed by atoms with Crippen molar-refractivity contribution in [2.45, 2.75) is 31.9 Å². The fourth-order valence-corrected chi connectivity index (χ4v) is 2.79. The summed E-state index contributed by atoms with van der Waals surface area (Å²) < 4.78 is 24.0. The Morgan fingerprint density at radius 1 is 1.43 bits per heavy atom. The minimum absolute atomic E-state index is 0.142. The zero-order valence-corrected chi connectivity index (χ0v) is 13.2. The van der Waals surface area contributed by atoms with Crippen molar-refractivity contribution in [3.8, 4) is 5.75 Å². The van der Waals surface area contributed by atoms with Crippen molar-refractivity contribution in [2.75, 3.05) is 19.7 Å². The molecular formula is C17H21FN2O3. The Balaban J connectivity index is 1.53. The third kappa shape index (κ3) is 4.09. The smallest absolute Gasteiger partial charge is 0.150 e. The summed E-state index contributed by atoms with van der Waals surface area (Å²) in [6.07, 6.45) is 1.45. The molecule has 0 unspecified atom stereocenters. The van der Waals surface area contributed by atoms with E-state index in [1.807, 2.05) is 13.0 Å². The van der Waals surface area contributed by atoms with Crippen LogP contribution in [0.15, 0.2) is 34.9 Å². The Kier molecular flexibility index (Phi) is 4.63. The summed E-state index contributed by atoms with van der Waals surface area (Å²) in [6, 6.07) is 7.89. The van der Waals surface area contributed by atoms with Crippen molar-refractivity contribution in [2.24, 2.45) is 0 Å². The third-order valence-electron chi connectivity index (χ3n) is 4.06. The second kappa shape index (κ2) is 6.68. The second-order valence-corrected chi connectivity index (χ2v) is 6.07.